The largest absolute Gasteiger partial charge is 0.389 e. The Hall–Kier alpha value is 0.170. The molecule has 2 N–H and O–H groups in total. The van der Waals surface area contributed by atoms with Gasteiger partial charge in [0, 0.05) is 6.54 Å². The molecule has 0 saturated carbocycles. The summed E-state index contributed by atoms with van der Waals surface area (Å²) in [7, 11) is 0. The summed E-state index contributed by atoms with van der Waals surface area (Å²) in [6.07, 6.45) is -0.287. The van der Waals surface area contributed by atoms with Gasteiger partial charge >= 0.3 is 0 Å². The van der Waals surface area contributed by atoms with Crippen LogP contribution in [0.2, 0.25) is 0 Å². The highest BCUT2D eigenvalue weighted by atomic mass is 35.5. The molecule has 0 aliphatic carbocycles. The molecule has 1 aliphatic rings. The van der Waals surface area contributed by atoms with E-state index in [4.69, 9.17) is 5.11 Å². The number of hydroxylamine groups is 1. The Kier molecular flexibility index (Phi) is 3.29. The molecule has 1 atom stereocenters. The van der Waals surface area contributed by atoms with Crippen LogP contribution in [0.3, 0.4) is 0 Å². The van der Waals surface area contributed by atoms with Crippen LogP contribution in [0.15, 0.2) is 0 Å². The van der Waals surface area contributed by atoms with Gasteiger partial charge in [0.15, 0.2) is 0 Å². The number of hydrogen-bond acceptors (Lipinski definition) is 3. The van der Waals surface area contributed by atoms with Crippen molar-refractivity contribution in [2.45, 2.75) is 6.10 Å². The molecule has 7 heavy (non-hydrogen) atoms. The lowest BCUT2D eigenvalue weighted by Gasteiger charge is -1.87. The average molecular weight is 126 g/mol. The summed E-state index contributed by atoms with van der Waals surface area (Å²) in [5, 5.41) is 8.54. The number of aliphatic hydroxyl groups is 1. The quantitative estimate of drug-likeness (QED) is 0.450. The van der Waals surface area contributed by atoms with Crippen LogP contribution in [0.1, 0.15) is 0 Å². The molecular weight excluding hydrogens is 117 g/mol. The van der Waals surface area contributed by atoms with E-state index in [1.807, 2.05) is 0 Å². The topological polar surface area (TPSA) is 41.5 Å². The number of halogens is 1. The van der Waals surface area contributed by atoms with Crippen molar-refractivity contribution in [1.29, 1.82) is 0 Å². The van der Waals surface area contributed by atoms with Crippen LogP contribution < -0.4 is 5.48 Å². The molecule has 1 unspecified atom stereocenters. The summed E-state index contributed by atoms with van der Waals surface area (Å²) in [6.45, 7) is 1.00. The minimum atomic E-state index is -0.287. The Morgan fingerprint density at radius 1 is 1.71 bits per heavy atom. The van der Waals surface area contributed by atoms with Gasteiger partial charge in [-0.15, -0.1) is 12.4 Å². The fraction of sp³-hybridized carbons (Fsp3) is 1.00. The van der Waals surface area contributed by atoms with Crippen molar-refractivity contribution in [3.05, 3.63) is 0 Å². The standard InChI is InChI=1S/C3H7NO2.ClH/c5-3-1-4-6-2-3;/h3-5H,1-2H2;1H. The highest BCUT2D eigenvalue weighted by Gasteiger charge is 2.09. The van der Waals surface area contributed by atoms with Crippen LogP contribution in [0.5, 0.6) is 0 Å². The smallest absolute Gasteiger partial charge is 0.0955 e. The van der Waals surface area contributed by atoms with Gasteiger partial charge in [0.2, 0.25) is 0 Å². The van der Waals surface area contributed by atoms with Crippen molar-refractivity contribution < 1.29 is 9.94 Å². The van der Waals surface area contributed by atoms with E-state index in [2.05, 4.69) is 10.3 Å². The molecule has 1 fully saturated rings. The van der Waals surface area contributed by atoms with Gasteiger partial charge in [-0.2, -0.15) is 5.48 Å². The Bertz CT molecular complexity index is 46.2. The zero-order valence-corrected chi connectivity index (χ0v) is 4.57. The fourth-order valence-electron chi connectivity index (χ4n) is 0.369. The van der Waals surface area contributed by atoms with Crippen LogP contribution in [-0.4, -0.2) is 24.4 Å². The van der Waals surface area contributed by atoms with E-state index in [0.29, 0.717) is 13.2 Å². The molecule has 0 aromatic heterocycles. The maximum atomic E-state index is 8.54. The molecular formula is C3H8ClNO2. The summed E-state index contributed by atoms with van der Waals surface area (Å²) in [5.74, 6) is 0. The predicted molar refractivity (Wildman–Crippen MR) is 27.2 cm³/mol. The third kappa shape index (κ3) is 2.09. The highest BCUT2D eigenvalue weighted by Crippen LogP contribution is 1.87. The number of nitrogens with one attached hydrogen (secondary N) is 1. The summed E-state index contributed by atoms with van der Waals surface area (Å²) in [6, 6.07) is 0. The Morgan fingerprint density at radius 3 is 2.57 bits per heavy atom. The zero-order valence-electron chi connectivity index (χ0n) is 3.76. The third-order valence-electron chi connectivity index (χ3n) is 0.697. The maximum Gasteiger partial charge on any atom is 0.0955 e. The summed E-state index contributed by atoms with van der Waals surface area (Å²) in [5.41, 5.74) is 2.52. The lowest BCUT2D eigenvalue weighted by molar-refractivity contribution is 0.0792. The molecule has 0 amide bonds. The van der Waals surface area contributed by atoms with E-state index in [1.165, 1.54) is 0 Å². The van der Waals surface area contributed by atoms with Crippen LogP contribution in [0, 0.1) is 0 Å². The van der Waals surface area contributed by atoms with Gasteiger partial charge in [0.25, 0.3) is 0 Å². The lowest BCUT2D eigenvalue weighted by atomic mass is 10.4. The van der Waals surface area contributed by atoms with E-state index in [1.54, 1.807) is 0 Å². The highest BCUT2D eigenvalue weighted by molar-refractivity contribution is 5.85. The first-order chi connectivity index (χ1) is 2.89. The average Bonchev–Trinajstić information content (AvgIpc) is 1.86. The summed E-state index contributed by atoms with van der Waals surface area (Å²) >= 11 is 0. The van der Waals surface area contributed by atoms with Gasteiger partial charge in [-0.05, 0) is 0 Å². The molecule has 1 saturated heterocycles. The van der Waals surface area contributed by atoms with Crippen molar-refractivity contribution >= 4 is 12.4 Å². The van der Waals surface area contributed by atoms with Gasteiger partial charge in [-0.1, -0.05) is 0 Å². The maximum absolute atomic E-state index is 8.54. The molecule has 1 aliphatic heterocycles. The molecule has 1 rings (SSSR count). The summed E-state index contributed by atoms with van der Waals surface area (Å²) < 4.78 is 0. The SMILES string of the molecule is Cl.OC1CNOC1. The van der Waals surface area contributed by atoms with Crippen LogP contribution >= 0.6 is 12.4 Å². The number of β-amino-alcohol motifs (C(OH)–C–C–N with tert-alkyl or cyclic N) is 1. The number of aliphatic hydroxyl groups excluding tert-OH is 1. The second kappa shape index (κ2) is 3.21. The van der Waals surface area contributed by atoms with Gasteiger partial charge in [-0.25, -0.2) is 0 Å². The van der Waals surface area contributed by atoms with E-state index >= 15 is 0 Å². The molecule has 0 bridgehead atoms. The normalized spacial score (nSPS) is 29.6. The van der Waals surface area contributed by atoms with E-state index < -0.39 is 0 Å². The van der Waals surface area contributed by atoms with E-state index in [9.17, 15) is 0 Å². The molecule has 0 radical (unpaired) electrons. The number of hydrogen-bond donors (Lipinski definition) is 2. The second-order valence-electron chi connectivity index (χ2n) is 1.31. The van der Waals surface area contributed by atoms with Gasteiger partial charge in [0.1, 0.15) is 0 Å². The minimum Gasteiger partial charge on any atom is -0.389 e. The molecule has 0 aromatic carbocycles. The fourth-order valence-corrected chi connectivity index (χ4v) is 0.369. The Morgan fingerprint density at radius 2 is 2.43 bits per heavy atom. The van der Waals surface area contributed by atoms with Gasteiger partial charge < -0.3 is 5.11 Å². The van der Waals surface area contributed by atoms with Gasteiger partial charge in [-0.3, -0.25) is 4.84 Å². The minimum absolute atomic E-state index is 0. The van der Waals surface area contributed by atoms with Crippen molar-refractivity contribution in [2.75, 3.05) is 13.2 Å². The molecule has 4 heteroatoms. The third-order valence-corrected chi connectivity index (χ3v) is 0.697. The van der Waals surface area contributed by atoms with Crippen LogP contribution in [0.25, 0.3) is 0 Å². The monoisotopic (exact) mass is 125 g/mol. The summed E-state index contributed by atoms with van der Waals surface area (Å²) in [4.78, 5) is 4.56. The number of rotatable bonds is 0. The molecule has 1 heterocycles. The van der Waals surface area contributed by atoms with E-state index in [-0.39, 0.29) is 18.5 Å². The van der Waals surface area contributed by atoms with Crippen molar-refractivity contribution in [1.82, 2.24) is 5.48 Å². The Labute approximate surface area is 48.0 Å². The predicted octanol–water partition coefficient (Wildman–Crippen LogP) is -0.696. The van der Waals surface area contributed by atoms with Crippen molar-refractivity contribution in [3.63, 3.8) is 0 Å². The molecule has 0 spiro atoms. The first-order valence-electron chi connectivity index (χ1n) is 1.92. The second-order valence-corrected chi connectivity index (χ2v) is 1.31. The first kappa shape index (κ1) is 7.17. The van der Waals surface area contributed by atoms with Crippen LogP contribution in [-0.2, 0) is 4.84 Å². The van der Waals surface area contributed by atoms with Crippen LogP contribution in [0.4, 0.5) is 0 Å². The van der Waals surface area contributed by atoms with Crippen molar-refractivity contribution in [2.24, 2.45) is 0 Å². The Balaban J connectivity index is 0.000000360. The zero-order chi connectivity index (χ0) is 4.41. The lowest BCUT2D eigenvalue weighted by Crippen LogP contribution is -2.12. The molecule has 0 aromatic rings. The first-order valence-corrected chi connectivity index (χ1v) is 1.92. The molecule has 44 valence electrons. The van der Waals surface area contributed by atoms with Crippen molar-refractivity contribution in [3.8, 4) is 0 Å². The molecule has 3 nitrogen and oxygen atoms in total. The van der Waals surface area contributed by atoms with Gasteiger partial charge in [0.05, 0.1) is 12.7 Å². The van der Waals surface area contributed by atoms with E-state index in [0.717, 1.165) is 0 Å².